The molecule has 0 spiro atoms. The third-order valence-electron chi connectivity index (χ3n) is 4.00. The molecule has 0 saturated heterocycles. The van der Waals surface area contributed by atoms with Crippen molar-refractivity contribution >= 4 is 24.6 Å². The Kier molecular flexibility index (Phi) is 13.0. The van der Waals surface area contributed by atoms with Crippen LogP contribution in [0.4, 0.5) is 19.2 Å². The van der Waals surface area contributed by atoms with Gasteiger partial charge >= 0.3 is 24.6 Å². The lowest BCUT2D eigenvalue weighted by molar-refractivity contribution is 0.0198. The molecule has 4 fully saturated rings. The van der Waals surface area contributed by atoms with Gasteiger partial charge in [0.15, 0.2) is 0 Å². The second kappa shape index (κ2) is 13.4. The third-order valence-corrected chi connectivity index (χ3v) is 4.00. The van der Waals surface area contributed by atoms with Gasteiger partial charge in [-0.05, 0) is 62.2 Å². The van der Waals surface area contributed by atoms with E-state index in [4.69, 9.17) is 60.0 Å². The van der Waals surface area contributed by atoms with Gasteiger partial charge < -0.3 is 40.9 Å². The molecule has 4 bridgehead atoms. The molecule has 26 heavy (non-hydrogen) atoms. The van der Waals surface area contributed by atoms with Crippen LogP contribution in [0.3, 0.4) is 0 Å². The topological polar surface area (TPSA) is 230 Å². The highest BCUT2D eigenvalue weighted by atomic mass is 16.6. The number of hydrogen-bond acceptors (Lipinski definition) is 4. The standard InChI is InChI=1S/C10H16.4CH2O3/c1-7-2-9-4-8(1)5-10(3-7)6-9;4*2-1(3)4/h7-10H,1-6H2;4*(H2,2,3,4). The average molecular weight is 384 g/mol. The molecule has 12 heteroatoms. The molecule has 152 valence electrons. The van der Waals surface area contributed by atoms with Crippen molar-refractivity contribution in [1.29, 1.82) is 0 Å². The zero-order valence-corrected chi connectivity index (χ0v) is 13.8. The largest absolute Gasteiger partial charge is 0.503 e. The Morgan fingerprint density at radius 3 is 0.538 bits per heavy atom. The van der Waals surface area contributed by atoms with Crippen molar-refractivity contribution in [3.05, 3.63) is 0 Å². The molecule has 0 aromatic carbocycles. The number of rotatable bonds is 0. The Hall–Kier alpha value is -2.92. The van der Waals surface area contributed by atoms with E-state index in [9.17, 15) is 0 Å². The highest BCUT2D eigenvalue weighted by Gasteiger charge is 2.41. The van der Waals surface area contributed by atoms with Crippen molar-refractivity contribution in [2.45, 2.75) is 38.5 Å². The monoisotopic (exact) mass is 384 g/mol. The fourth-order valence-corrected chi connectivity index (χ4v) is 3.98. The summed E-state index contributed by atoms with van der Waals surface area (Å²) in [6, 6.07) is 0. The lowest BCUT2D eigenvalue weighted by atomic mass is 9.56. The lowest BCUT2D eigenvalue weighted by Gasteiger charge is -2.49. The molecule has 0 heterocycles. The molecule has 4 rings (SSSR count). The second-order valence-corrected chi connectivity index (χ2v) is 6.01. The van der Waals surface area contributed by atoms with E-state index in [1.165, 1.54) is 23.7 Å². The van der Waals surface area contributed by atoms with Gasteiger partial charge in [0.05, 0.1) is 0 Å². The van der Waals surface area contributed by atoms with Gasteiger partial charge in [0.1, 0.15) is 0 Å². The van der Waals surface area contributed by atoms with Crippen LogP contribution in [0.15, 0.2) is 0 Å². The van der Waals surface area contributed by atoms with Crippen molar-refractivity contribution in [3.8, 4) is 0 Å². The average Bonchev–Trinajstić information content (AvgIpc) is 2.33. The van der Waals surface area contributed by atoms with Crippen LogP contribution in [-0.4, -0.2) is 65.5 Å². The number of hydrogen-bond donors (Lipinski definition) is 8. The Morgan fingerprint density at radius 1 is 0.385 bits per heavy atom. The molecule has 0 radical (unpaired) electrons. The third kappa shape index (κ3) is 19.1. The van der Waals surface area contributed by atoms with Gasteiger partial charge in [0, 0.05) is 0 Å². The minimum atomic E-state index is -1.83. The van der Waals surface area contributed by atoms with Crippen LogP contribution in [0, 0.1) is 23.7 Å². The highest BCUT2D eigenvalue weighted by molar-refractivity contribution is 5.54. The van der Waals surface area contributed by atoms with Gasteiger partial charge in [-0.2, -0.15) is 0 Å². The molecular formula is C14H24O12. The van der Waals surface area contributed by atoms with Crippen LogP contribution in [0.5, 0.6) is 0 Å². The maximum Gasteiger partial charge on any atom is 0.503 e. The van der Waals surface area contributed by atoms with E-state index >= 15 is 0 Å². The van der Waals surface area contributed by atoms with Gasteiger partial charge in [-0.25, -0.2) is 19.2 Å². The van der Waals surface area contributed by atoms with Gasteiger partial charge in [0.2, 0.25) is 0 Å². The van der Waals surface area contributed by atoms with Crippen LogP contribution in [0.25, 0.3) is 0 Å². The van der Waals surface area contributed by atoms with E-state index in [2.05, 4.69) is 0 Å². The normalized spacial score (nSPS) is 25.8. The molecule has 8 N–H and O–H groups in total. The van der Waals surface area contributed by atoms with Crippen LogP contribution in [0.1, 0.15) is 38.5 Å². The van der Waals surface area contributed by atoms with Gasteiger partial charge in [-0.15, -0.1) is 0 Å². The van der Waals surface area contributed by atoms with Crippen molar-refractivity contribution < 1.29 is 60.0 Å². The predicted molar refractivity (Wildman–Crippen MR) is 84.3 cm³/mol. The summed E-state index contributed by atoms with van der Waals surface area (Å²) in [7, 11) is 0. The highest BCUT2D eigenvalue weighted by Crippen LogP contribution is 2.53. The second-order valence-electron chi connectivity index (χ2n) is 6.01. The Labute approximate surface area is 147 Å². The molecule has 4 aliphatic carbocycles. The quantitative estimate of drug-likeness (QED) is 0.298. The predicted octanol–water partition coefficient (Wildman–Crippen LogP) is 3.72. The summed E-state index contributed by atoms with van der Waals surface area (Å²) in [5, 5.41) is 55.8. The molecule has 0 aliphatic heterocycles. The van der Waals surface area contributed by atoms with Gasteiger partial charge in [-0.3, -0.25) is 0 Å². The van der Waals surface area contributed by atoms with Crippen molar-refractivity contribution in [3.63, 3.8) is 0 Å². The van der Waals surface area contributed by atoms with E-state index in [1.807, 2.05) is 0 Å². The SMILES string of the molecule is C1C2CC3CC1CC(C2)C3.O=C(O)O.O=C(O)O.O=C(O)O.O=C(O)O. The van der Waals surface area contributed by atoms with Crippen LogP contribution >= 0.6 is 0 Å². The molecule has 4 aliphatic rings. The summed E-state index contributed by atoms with van der Waals surface area (Å²) in [6.07, 6.45) is 2.29. The zero-order valence-electron chi connectivity index (χ0n) is 13.8. The number of carbonyl (C=O) groups is 4. The van der Waals surface area contributed by atoms with E-state index in [1.54, 1.807) is 38.5 Å². The Balaban J connectivity index is 0. The van der Waals surface area contributed by atoms with Crippen LogP contribution in [0.2, 0.25) is 0 Å². The fraction of sp³-hybridized carbons (Fsp3) is 0.714. The molecule has 0 unspecified atom stereocenters. The summed E-state index contributed by atoms with van der Waals surface area (Å²) in [6.45, 7) is 0. The summed E-state index contributed by atoms with van der Waals surface area (Å²) in [5.41, 5.74) is 0. The molecule has 0 amide bonds. The smallest absolute Gasteiger partial charge is 0.450 e. The molecule has 4 saturated carbocycles. The molecular weight excluding hydrogens is 360 g/mol. The molecule has 12 nitrogen and oxygen atoms in total. The minimum absolute atomic E-state index is 1.18. The minimum Gasteiger partial charge on any atom is -0.450 e. The first-order valence-corrected chi connectivity index (χ1v) is 7.50. The van der Waals surface area contributed by atoms with Crippen LogP contribution in [-0.2, 0) is 0 Å². The Morgan fingerprint density at radius 2 is 0.462 bits per heavy atom. The van der Waals surface area contributed by atoms with Crippen molar-refractivity contribution in [2.24, 2.45) is 23.7 Å². The van der Waals surface area contributed by atoms with Gasteiger partial charge in [0.25, 0.3) is 0 Å². The maximum atomic E-state index is 8.56. The summed E-state index contributed by atoms with van der Waals surface area (Å²) < 4.78 is 0. The Bertz CT molecular complexity index is 340. The van der Waals surface area contributed by atoms with Crippen molar-refractivity contribution in [2.75, 3.05) is 0 Å². The molecule has 0 aromatic rings. The van der Waals surface area contributed by atoms with E-state index < -0.39 is 24.6 Å². The van der Waals surface area contributed by atoms with Crippen molar-refractivity contribution in [1.82, 2.24) is 0 Å². The van der Waals surface area contributed by atoms with Gasteiger partial charge in [-0.1, -0.05) is 0 Å². The zero-order chi connectivity index (χ0) is 20.9. The number of carboxylic acid groups (broad SMARTS) is 8. The first-order chi connectivity index (χ1) is 11.8. The molecule has 0 aromatic heterocycles. The summed E-state index contributed by atoms with van der Waals surface area (Å²) in [5.74, 6) is 4.71. The first-order valence-electron chi connectivity index (χ1n) is 7.50. The summed E-state index contributed by atoms with van der Waals surface area (Å²) in [4.78, 5) is 34.2. The van der Waals surface area contributed by atoms with Crippen LogP contribution < -0.4 is 0 Å². The van der Waals surface area contributed by atoms with E-state index in [-0.39, 0.29) is 0 Å². The first kappa shape index (κ1) is 25.3. The van der Waals surface area contributed by atoms with E-state index in [0.717, 1.165) is 0 Å². The fourth-order valence-electron chi connectivity index (χ4n) is 3.98. The lowest BCUT2D eigenvalue weighted by Crippen LogP contribution is -2.38. The molecule has 0 atom stereocenters. The summed E-state index contributed by atoms with van der Waals surface area (Å²) >= 11 is 0. The maximum absolute atomic E-state index is 8.56. The van der Waals surface area contributed by atoms with E-state index in [0.29, 0.717) is 0 Å².